The number of urea groups is 1. The summed E-state index contributed by atoms with van der Waals surface area (Å²) < 4.78 is 45.0. The third-order valence-electron chi connectivity index (χ3n) is 3.82. The normalized spacial score (nSPS) is 25.8. The van der Waals surface area contributed by atoms with Crippen molar-refractivity contribution in [1.82, 2.24) is 10.6 Å². The fraction of sp³-hybridized carbons (Fsp3) is 0.429. The molecule has 142 valence electrons. The van der Waals surface area contributed by atoms with Crippen molar-refractivity contribution in [1.29, 1.82) is 0 Å². The van der Waals surface area contributed by atoms with Crippen molar-refractivity contribution in [2.75, 3.05) is 6.61 Å². The molecule has 3 atom stereocenters. The van der Waals surface area contributed by atoms with Gasteiger partial charge in [0.2, 0.25) is 0 Å². The summed E-state index contributed by atoms with van der Waals surface area (Å²) in [6.07, 6.45) is -5.45. The molecule has 9 nitrogen and oxygen atoms in total. The Bertz CT molecular complexity index is 741. The second-order valence-electron chi connectivity index (χ2n) is 5.39. The van der Waals surface area contributed by atoms with E-state index in [9.17, 15) is 38.0 Å². The van der Waals surface area contributed by atoms with E-state index in [1.165, 1.54) is 24.4 Å². The van der Waals surface area contributed by atoms with E-state index in [0.717, 1.165) is 12.1 Å². The van der Waals surface area contributed by atoms with E-state index >= 15 is 0 Å². The van der Waals surface area contributed by atoms with Crippen molar-refractivity contribution in [2.24, 2.45) is 5.92 Å². The van der Waals surface area contributed by atoms with Crippen molar-refractivity contribution in [2.45, 2.75) is 24.9 Å². The van der Waals surface area contributed by atoms with E-state index in [2.05, 4.69) is 4.74 Å². The zero-order valence-corrected chi connectivity index (χ0v) is 13.2. The first-order valence-corrected chi connectivity index (χ1v) is 7.30. The lowest BCUT2D eigenvalue weighted by Gasteiger charge is -2.44. The highest BCUT2D eigenvalue weighted by Crippen LogP contribution is 2.44. The summed E-state index contributed by atoms with van der Waals surface area (Å²) in [5.41, 5.74) is -4.98. The monoisotopic (exact) mass is 377 g/mol. The zero-order chi connectivity index (χ0) is 19.7. The fourth-order valence-corrected chi connectivity index (χ4v) is 2.71. The molecular formula is C14H14F3N3O6. The van der Waals surface area contributed by atoms with Crippen molar-refractivity contribution < 1.29 is 37.5 Å². The predicted octanol–water partition coefficient (Wildman–Crippen LogP) is 1.38. The molecule has 0 aromatic heterocycles. The summed E-state index contributed by atoms with van der Waals surface area (Å²) in [5, 5.41) is 24.6. The van der Waals surface area contributed by atoms with Crippen LogP contribution in [0, 0.1) is 16.0 Å². The first kappa shape index (κ1) is 19.4. The number of esters is 1. The Morgan fingerprint density at radius 3 is 2.58 bits per heavy atom. The minimum absolute atomic E-state index is 0.305. The number of para-hydroxylation sites is 1. The number of aliphatic hydroxyl groups is 1. The molecule has 0 saturated carbocycles. The number of carbonyl (C=O) groups excluding carboxylic acids is 2. The van der Waals surface area contributed by atoms with Crippen molar-refractivity contribution in [3.05, 3.63) is 39.9 Å². The van der Waals surface area contributed by atoms with Gasteiger partial charge < -0.3 is 20.5 Å². The van der Waals surface area contributed by atoms with Gasteiger partial charge in [0, 0.05) is 6.07 Å². The number of nitrogens with zero attached hydrogens (tertiary/aromatic N) is 1. The Kier molecular flexibility index (Phi) is 5.07. The number of nitrogens with one attached hydrogen (secondary N) is 2. The largest absolute Gasteiger partial charge is 0.466 e. The number of alkyl halides is 3. The van der Waals surface area contributed by atoms with Gasteiger partial charge in [-0.15, -0.1) is 0 Å². The predicted molar refractivity (Wildman–Crippen MR) is 78.6 cm³/mol. The molecule has 0 spiro atoms. The fourth-order valence-electron chi connectivity index (χ4n) is 2.71. The molecule has 12 heteroatoms. The van der Waals surface area contributed by atoms with Gasteiger partial charge in [0.05, 0.1) is 23.1 Å². The maximum absolute atomic E-state index is 13.5. The average molecular weight is 377 g/mol. The van der Waals surface area contributed by atoms with Gasteiger partial charge in [-0.05, 0) is 6.92 Å². The lowest BCUT2D eigenvalue weighted by Crippen LogP contribution is -2.73. The molecule has 0 radical (unpaired) electrons. The third kappa shape index (κ3) is 3.27. The number of carbonyl (C=O) groups is 2. The molecule has 1 aliphatic rings. The summed E-state index contributed by atoms with van der Waals surface area (Å²) in [4.78, 5) is 34.2. The number of nitro groups is 1. The van der Waals surface area contributed by atoms with Gasteiger partial charge in [-0.3, -0.25) is 14.9 Å². The van der Waals surface area contributed by atoms with Crippen LogP contribution in [0.15, 0.2) is 24.3 Å². The second-order valence-corrected chi connectivity index (χ2v) is 5.39. The highest BCUT2D eigenvalue weighted by atomic mass is 19.4. The van der Waals surface area contributed by atoms with Crippen molar-refractivity contribution in [3.63, 3.8) is 0 Å². The third-order valence-corrected chi connectivity index (χ3v) is 3.82. The van der Waals surface area contributed by atoms with Crippen LogP contribution in [-0.2, 0) is 9.53 Å². The topological polar surface area (TPSA) is 131 Å². The van der Waals surface area contributed by atoms with Crippen LogP contribution in [0.3, 0.4) is 0 Å². The van der Waals surface area contributed by atoms with Gasteiger partial charge >= 0.3 is 18.2 Å². The average Bonchev–Trinajstić information content (AvgIpc) is 2.53. The van der Waals surface area contributed by atoms with Crippen LogP contribution in [0.25, 0.3) is 0 Å². The van der Waals surface area contributed by atoms with Gasteiger partial charge in [0.25, 0.3) is 11.4 Å². The summed E-state index contributed by atoms with van der Waals surface area (Å²) in [7, 11) is 0. The molecule has 2 rings (SSSR count). The Labute approximate surface area is 144 Å². The maximum atomic E-state index is 13.5. The molecular weight excluding hydrogens is 363 g/mol. The number of hydrogen-bond acceptors (Lipinski definition) is 6. The Morgan fingerprint density at radius 1 is 1.42 bits per heavy atom. The zero-order valence-electron chi connectivity index (χ0n) is 13.2. The van der Waals surface area contributed by atoms with Crippen LogP contribution in [0.1, 0.15) is 18.5 Å². The van der Waals surface area contributed by atoms with E-state index in [1.807, 2.05) is 5.32 Å². The molecule has 1 aliphatic heterocycles. The molecule has 1 fully saturated rings. The van der Waals surface area contributed by atoms with Crippen LogP contribution in [0.4, 0.5) is 23.7 Å². The van der Waals surface area contributed by atoms with E-state index in [1.54, 1.807) is 0 Å². The molecule has 0 aliphatic carbocycles. The number of benzene rings is 1. The van der Waals surface area contributed by atoms with Gasteiger partial charge in [0.1, 0.15) is 5.92 Å². The van der Waals surface area contributed by atoms with Gasteiger partial charge in [-0.1, -0.05) is 18.2 Å². The molecule has 3 N–H and O–H groups in total. The quantitative estimate of drug-likeness (QED) is 0.413. The lowest BCUT2D eigenvalue weighted by atomic mass is 9.81. The maximum Gasteiger partial charge on any atom is 0.437 e. The summed E-state index contributed by atoms with van der Waals surface area (Å²) >= 11 is 0. The second kappa shape index (κ2) is 6.78. The van der Waals surface area contributed by atoms with E-state index in [0.29, 0.717) is 0 Å². The van der Waals surface area contributed by atoms with Crippen LogP contribution >= 0.6 is 0 Å². The highest BCUT2D eigenvalue weighted by molar-refractivity contribution is 5.83. The highest BCUT2D eigenvalue weighted by Gasteiger charge is 2.67. The van der Waals surface area contributed by atoms with Crippen molar-refractivity contribution >= 4 is 17.7 Å². The van der Waals surface area contributed by atoms with E-state index < -0.39 is 46.5 Å². The molecule has 0 bridgehead atoms. The minimum atomic E-state index is -5.45. The summed E-state index contributed by atoms with van der Waals surface area (Å²) in [6.45, 7) is 1.03. The lowest BCUT2D eigenvalue weighted by molar-refractivity contribution is -0.386. The van der Waals surface area contributed by atoms with Crippen LogP contribution in [0.5, 0.6) is 0 Å². The number of rotatable bonds is 4. The van der Waals surface area contributed by atoms with E-state index in [-0.39, 0.29) is 12.2 Å². The Hall–Kier alpha value is -2.89. The SMILES string of the molecule is CCOC(=O)[C@@H]1[C@H](c2ccccc2[N+](=O)[O-])NC(=O)N[C@@]1(O)C(F)(F)F. The molecule has 0 unspecified atom stereocenters. The smallest absolute Gasteiger partial charge is 0.437 e. The van der Waals surface area contributed by atoms with Crippen LogP contribution in [-0.4, -0.2) is 40.5 Å². The Balaban J connectivity index is 2.67. The number of ether oxygens (including phenoxy) is 1. The summed E-state index contributed by atoms with van der Waals surface area (Å²) in [6, 6.07) is 1.32. The number of nitro benzene ring substituents is 1. The van der Waals surface area contributed by atoms with E-state index in [4.69, 9.17) is 0 Å². The Morgan fingerprint density at radius 2 is 2.04 bits per heavy atom. The number of hydrogen-bond donors (Lipinski definition) is 3. The van der Waals surface area contributed by atoms with Crippen LogP contribution in [0.2, 0.25) is 0 Å². The molecule has 1 heterocycles. The molecule has 1 saturated heterocycles. The molecule has 1 aromatic rings. The molecule has 26 heavy (non-hydrogen) atoms. The first-order valence-electron chi connectivity index (χ1n) is 7.30. The van der Waals surface area contributed by atoms with Gasteiger partial charge in [-0.2, -0.15) is 13.2 Å². The minimum Gasteiger partial charge on any atom is -0.466 e. The van der Waals surface area contributed by atoms with Crippen LogP contribution < -0.4 is 10.6 Å². The summed E-state index contributed by atoms with van der Waals surface area (Å²) in [5.74, 6) is -3.90. The molecule has 1 aromatic carbocycles. The standard InChI is InChI=1S/C14H14F3N3O6/c1-2-26-11(21)9-10(7-5-3-4-6-8(7)20(24)25)18-12(22)19-13(9,23)14(15,16)17/h3-6,9-10,23H,2H2,1H3,(H2,18,19,22)/t9-,10-,13-/m0/s1. The van der Waals surface area contributed by atoms with Gasteiger partial charge in [-0.25, -0.2) is 4.79 Å². The van der Waals surface area contributed by atoms with Gasteiger partial charge in [0.15, 0.2) is 0 Å². The molecule has 2 amide bonds. The first-order chi connectivity index (χ1) is 12.0. The number of halogens is 3. The number of amides is 2. The van der Waals surface area contributed by atoms with Crippen molar-refractivity contribution in [3.8, 4) is 0 Å².